The van der Waals surface area contributed by atoms with E-state index in [1.807, 2.05) is 0 Å². The summed E-state index contributed by atoms with van der Waals surface area (Å²) in [5, 5.41) is 0. The van der Waals surface area contributed by atoms with Crippen molar-refractivity contribution in [3.05, 3.63) is 16.7 Å². The highest BCUT2D eigenvalue weighted by Gasteiger charge is 2.18. The Morgan fingerprint density at radius 1 is 1.56 bits per heavy atom. The van der Waals surface area contributed by atoms with Crippen molar-refractivity contribution >= 4 is 23.0 Å². The van der Waals surface area contributed by atoms with Crippen LogP contribution >= 0.6 is 0 Å². The van der Waals surface area contributed by atoms with E-state index in [0.29, 0.717) is 0 Å². The molecular weight excluding hydrogens is 210 g/mol. The molecule has 0 unspecified atom stereocenters. The number of nitrogens with two attached hydrogens (primary N) is 1. The maximum absolute atomic E-state index is 11.9. The third-order valence-corrected chi connectivity index (χ3v) is 2.20. The van der Waals surface area contributed by atoms with Gasteiger partial charge < -0.3 is 10.7 Å². The van der Waals surface area contributed by atoms with Gasteiger partial charge in [0.2, 0.25) is 11.9 Å². The maximum Gasteiger partial charge on any atom is 0.300 e. The molecule has 2 aromatic rings. The topological polar surface area (TPSA) is 107 Å². The highest BCUT2D eigenvalue weighted by Crippen LogP contribution is 2.11. The second-order valence-corrected chi connectivity index (χ2v) is 3.70. The molecule has 0 saturated carbocycles. The normalized spacial score (nSPS) is 11.2. The molecule has 84 valence electrons. The van der Waals surface area contributed by atoms with Gasteiger partial charge in [-0.3, -0.25) is 9.59 Å². The van der Waals surface area contributed by atoms with Gasteiger partial charge in [-0.05, 0) is 0 Å². The average Bonchev–Trinajstić information content (AvgIpc) is 2.66. The largest absolute Gasteiger partial charge is 0.369 e. The molecule has 3 N–H and O–H groups in total. The van der Waals surface area contributed by atoms with E-state index in [1.165, 1.54) is 6.33 Å². The van der Waals surface area contributed by atoms with Gasteiger partial charge >= 0.3 is 5.56 Å². The van der Waals surface area contributed by atoms with Crippen molar-refractivity contribution in [2.24, 2.45) is 5.92 Å². The van der Waals surface area contributed by atoms with Gasteiger partial charge in [0.15, 0.2) is 11.2 Å². The molecule has 2 heterocycles. The smallest absolute Gasteiger partial charge is 0.300 e. The number of anilines is 1. The van der Waals surface area contributed by atoms with Crippen LogP contribution in [-0.4, -0.2) is 25.4 Å². The maximum atomic E-state index is 11.9. The number of rotatable bonds is 1. The summed E-state index contributed by atoms with van der Waals surface area (Å²) in [6.45, 7) is 3.47. The Morgan fingerprint density at radius 3 is 2.88 bits per heavy atom. The van der Waals surface area contributed by atoms with Crippen LogP contribution in [-0.2, 0) is 0 Å². The lowest BCUT2D eigenvalue weighted by Gasteiger charge is -2.10. The van der Waals surface area contributed by atoms with Crippen LogP contribution in [0.2, 0.25) is 0 Å². The van der Waals surface area contributed by atoms with Crippen molar-refractivity contribution in [2.45, 2.75) is 13.8 Å². The van der Waals surface area contributed by atoms with Crippen molar-refractivity contribution in [2.75, 3.05) is 5.73 Å². The third kappa shape index (κ3) is 1.37. The second-order valence-electron chi connectivity index (χ2n) is 3.70. The van der Waals surface area contributed by atoms with Crippen molar-refractivity contribution in [1.29, 1.82) is 0 Å². The Labute approximate surface area is 90.3 Å². The predicted octanol–water partition coefficient (Wildman–Crippen LogP) is -0.00200. The number of nitrogens with zero attached hydrogens (tertiary/aromatic N) is 3. The number of hydrogen-bond acceptors (Lipinski definition) is 5. The van der Waals surface area contributed by atoms with E-state index in [-0.39, 0.29) is 28.9 Å². The minimum Gasteiger partial charge on any atom is -0.369 e. The lowest BCUT2D eigenvalue weighted by Crippen LogP contribution is -2.25. The summed E-state index contributed by atoms with van der Waals surface area (Å²) in [7, 11) is 0. The summed E-state index contributed by atoms with van der Waals surface area (Å²) in [5.74, 6) is -0.642. The Hall–Kier alpha value is -2.18. The molecular formula is C9H11N5O2. The van der Waals surface area contributed by atoms with Crippen LogP contribution in [0.3, 0.4) is 0 Å². The van der Waals surface area contributed by atoms with Gasteiger partial charge in [-0.15, -0.1) is 0 Å². The van der Waals surface area contributed by atoms with E-state index in [0.717, 1.165) is 4.57 Å². The van der Waals surface area contributed by atoms with Crippen LogP contribution in [0.15, 0.2) is 11.1 Å². The fourth-order valence-corrected chi connectivity index (χ4v) is 1.41. The van der Waals surface area contributed by atoms with Crippen LogP contribution < -0.4 is 11.3 Å². The highest BCUT2D eigenvalue weighted by atomic mass is 16.2. The molecule has 0 fully saturated rings. The molecule has 0 aliphatic heterocycles. The lowest BCUT2D eigenvalue weighted by atomic mass is 10.2. The van der Waals surface area contributed by atoms with Gasteiger partial charge in [-0.25, -0.2) is 9.55 Å². The molecule has 16 heavy (non-hydrogen) atoms. The standard InChI is InChI=1S/C9H11N5O2/c1-4(2)8(16)14-6-5(11-3-12-6)7(15)13-9(14)10/h3-4H,1-2H3,(H,11,12)(H2,10,13,15). The quantitative estimate of drug-likeness (QED) is 0.704. The molecule has 2 aromatic heterocycles. The molecule has 7 heteroatoms. The summed E-state index contributed by atoms with van der Waals surface area (Å²) >= 11 is 0. The molecule has 0 aliphatic carbocycles. The van der Waals surface area contributed by atoms with E-state index in [1.54, 1.807) is 13.8 Å². The first kappa shape index (κ1) is 10.3. The number of nitrogens with one attached hydrogen (secondary N) is 1. The molecule has 0 saturated heterocycles. The molecule has 2 rings (SSSR count). The number of aromatic nitrogens is 4. The van der Waals surface area contributed by atoms with Gasteiger partial charge in [-0.2, -0.15) is 4.98 Å². The highest BCUT2D eigenvalue weighted by molar-refractivity contribution is 5.90. The Kier molecular flexibility index (Phi) is 2.22. The van der Waals surface area contributed by atoms with E-state index < -0.39 is 5.56 Å². The van der Waals surface area contributed by atoms with Crippen LogP contribution in [0, 0.1) is 5.92 Å². The van der Waals surface area contributed by atoms with Gasteiger partial charge in [0.1, 0.15) is 0 Å². The minimum absolute atomic E-state index is 0.136. The van der Waals surface area contributed by atoms with Crippen molar-refractivity contribution in [1.82, 2.24) is 19.5 Å². The first-order valence-electron chi connectivity index (χ1n) is 4.78. The van der Waals surface area contributed by atoms with Crippen LogP contribution in [0.25, 0.3) is 11.2 Å². The van der Waals surface area contributed by atoms with Crippen molar-refractivity contribution in [3.8, 4) is 0 Å². The summed E-state index contributed by atoms with van der Waals surface area (Å²) in [4.78, 5) is 33.4. The monoisotopic (exact) mass is 221 g/mol. The number of fused-ring (bicyclic) bond motifs is 1. The van der Waals surface area contributed by atoms with Crippen molar-refractivity contribution in [3.63, 3.8) is 0 Å². The number of carbonyl (C=O) groups excluding carboxylic acids is 1. The van der Waals surface area contributed by atoms with Crippen LogP contribution in [0.1, 0.15) is 18.6 Å². The van der Waals surface area contributed by atoms with Crippen molar-refractivity contribution < 1.29 is 4.79 Å². The fourth-order valence-electron chi connectivity index (χ4n) is 1.41. The Balaban J connectivity index is 2.83. The molecule has 0 radical (unpaired) electrons. The van der Waals surface area contributed by atoms with Crippen LogP contribution in [0.5, 0.6) is 0 Å². The zero-order valence-electron chi connectivity index (χ0n) is 8.89. The summed E-state index contributed by atoms with van der Waals surface area (Å²) in [6.07, 6.45) is 1.33. The third-order valence-electron chi connectivity index (χ3n) is 2.20. The Morgan fingerprint density at radius 2 is 2.25 bits per heavy atom. The van der Waals surface area contributed by atoms with Gasteiger partial charge in [0.05, 0.1) is 6.33 Å². The van der Waals surface area contributed by atoms with E-state index in [4.69, 9.17) is 5.73 Å². The number of carbonyl (C=O) groups is 1. The summed E-state index contributed by atoms with van der Waals surface area (Å²) in [5.41, 5.74) is 5.45. The number of aromatic amines is 1. The second kappa shape index (κ2) is 3.44. The molecule has 0 aliphatic rings. The summed E-state index contributed by atoms with van der Waals surface area (Å²) < 4.78 is 1.15. The molecule has 0 aromatic carbocycles. The molecule has 0 amide bonds. The molecule has 0 spiro atoms. The van der Waals surface area contributed by atoms with Gasteiger partial charge in [-0.1, -0.05) is 13.8 Å². The number of H-pyrrole nitrogens is 1. The molecule has 7 nitrogen and oxygen atoms in total. The number of hydrogen-bond donors (Lipinski definition) is 2. The lowest BCUT2D eigenvalue weighted by molar-refractivity contribution is 0.0861. The predicted molar refractivity (Wildman–Crippen MR) is 58.0 cm³/mol. The van der Waals surface area contributed by atoms with Crippen LogP contribution in [0.4, 0.5) is 5.95 Å². The first-order valence-corrected chi connectivity index (χ1v) is 4.78. The van der Waals surface area contributed by atoms with E-state index >= 15 is 0 Å². The fraction of sp³-hybridized carbons (Fsp3) is 0.333. The zero-order chi connectivity index (χ0) is 11.9. The average molecular weight is 221 g/mol. The SMILES string of the molecule is CC(C)C(=O)n1c(N)nc(=O)c2[nH]cnc21. The zero-order valence-corrected chi connectivity index (χ0v) is 8.89. The van der Waals surface area contributed by atoms with Gasteiger partial charge in [0.25, 0.3) is 0 Å². The first-order chi connectivity index (χ1) is 7.52. The van der Waals surface area contributed by atoms with Gasteiger partial charge in [0, 0.05) is 5.92 Å². The summed E-state index contributed by atoms with van der Waals surface area (Å²) in [6, 6.07) is 0. The van der Waals surface area contributed by atoms with E-state index in [2.05, 4.69) is 15.0 Å². The number of imidazole rings is 1. The number of nitrogen functional groups attached to an aromatic ring is 1. The minimum atomic E-state index is -0.516. The van der Waals surface area contributed by atoms with E-state index in [9.17, 15) is 9.59 Å². The molecule has 0 bridgehead atoms. The Bertz CT molecular complexity index is 610. The molecule has 0 atom stereocenters.